The van der Waals surface area contributed by atoms with Crippen molar-refractivity contribution in [1.29, 1.82) is 0 Å². The van der Waals surface area contributed by atoms with Crippen LogP contribution in [-0.4, -0.2) is 21.5 Å². The molecule has 112 valence electrons. The third kappa shape index (κ3) is 4.06. The van der Waals surface area contributed by atoms with Gasteiger partial charge in [-0.1, -0.05) is 20.8 Å². The standard InChI is InChI=1S/C16H27N3S/c1-15(2,3)12(10-17-16(4,5)6)9-13-11-19-7-8-20-14(19)18-13/h7-8,11-12,17H,9-10H2,1-6H3. The minimum Gasteiger partial charge on any atom is -0.312 e. The zero-order valence-corrected chi connectivity index (χ0v) is 14.3. The molecule has 2 rings (SSSR count). The van der Waals surface area contributed by atoms with E-state index in [1.165, 1.54) is 5.69 Å². The van der Waals surface area contributed by atoms with E-state index in [9.17, 15) is 0 Å². The van der Waals surface area contributed by atoms with E-state index < -0.39 is 0 Å². The fourth-order valence-corrected chi connectivity index (χ4v) is 2.96. The second-order valence-electron chi connectivity index (χ2n) is 7.72. The number of aromatic nitrogens is 2. The molecule has 0 radical (unpaired) electrons. The Bertz CT molecular complexity index is 526. The summed E-state index contributed by atoms with van der Waals surface area (Å²) in [4.78, 5) is 5.82. The molecule has 4 heteroatoms. The zero-order chi connectivity index (χ0) is 15.0. The van der Waals surface area contributed by atoms with E-state index in [4.69, 9.17) is 4.98 Å². The summed E-state index contributed by atoms with van der Waals surface area (Å²) in [5.74, 6) is 0.575. The van der Waals surface area contributed by atoms with Crippen molar-refractivity contribution in [2.45, 2.75) is 53.5 Å². The van der Waals surface area contributed by atoms with Gasteiger partial charge in [-0.15, -0.1) is 11.3 Å². The monoisotopic (exact) mass is 293 g/mol. The fraction of sp³-hybridized carbons (Fsp3) is 0.688. The van der Waals surface area contributed by atoms with Crippen LogP contribution in [0.15, 0.2) is 17.8 Å². The van der Waals surface area contributed by atoms with E-state index in [0.717, 1.165) is 17.9 Å². The molecule has 0 aliphatic heterocycles. The number of rotatable bonds is 4. The number of hydrogen-bond acceptors (Lipinski definition) is 3. The lowest BCUT2D eigenvalue weighted by atomic mass is 9.78. The van der Waals surface area contributed by atoms with Gasteiger partial charge < -0.3 is 5.32 Å². The van der Waals surface area contributed by atoms with E-state index in [0.29, 0.717) is 5.92 Å². The SMILES string of the molecule is CC(C)(C)NCC(Cc1cn2ccsc2n1)C(C)(C)C. The highest BCUT2D eigenvalue weighted by molar-refractivity contribution is 7.15. The van der Waals surface area contributed by atoms with Crippen LogP contribution in [0.2, 0.25) is 0 Å². The Morgan fingerprint density at radius 1 is 1.25 bits per heavy atom. The van der Waals surface area contributed by atoms with Crippen LogP contribution in [0.5, 0.6) is 0 Å². The minimum atomic E-state index is 0.165. The summed E-state index contributed by atoms with van der Waals surface area (Å²) in [6.07, 6.45) is 5.28. The van der Waals surface area contributed by atoms with E-state index in [1.807, 2.05) is 0 Å². The molecule has 2 aromatic rings. The van der Waals surface area contributed by atoms with E-state index in [1.54, 1.807) is 11.3 Å². The Morgan fingerprint density at radius 3 is 2.50 bits per heavy atom. The van der Waals surface area contributed by atoms with Crippen LogP contribution in [0, 0.1) is 11.3 Å². The molecule has 0 fully saturated rings. The lowest BCUT2D eigenvalue weighted by molar-refractivity contribution is 0.213. The van der Waals surface area contributed by atoms with Crippen LogP contribution in [0.3, 0.4) is 0 Å². The highest BCUT2D eigenvalue weighted by Gasteiger charge is 2.27. The van der Waals surface area contributed by atoms with Crippen molar-refractivity contribution < 1.29 is 0 Å². The molecular formula is C16H27N3S. The Morgan fingerprint density at radius 2 is 1.95 bits per heavy atom. The molecule has 2 aromatic heterocycles. The maximum Gasteiger partial charge on any atom is 0.193 e. The van der Waals surface area contributed by atoms with Crippen molar-refractivity contribution in [3.63, 3.8) is 0 Å². The van der Waals surface area contributed by atoms with E-state index >= 15 is 0 Å². The quantitative estimate of drug-likeness (QED) is 0.923. The van der Waals surface area contributed by atoms with Crippen LogP contribution < -0.4 is 5.32 Å². The average Bonchev–Trinajstić information content (AvgIpc) is 2.80. The van der Waals surface area contributed by atoms with Gasteiger partial charge in [-0.3, -0.25) is 4.40 Å². The van der Waals surface area contributed by atoms with Crippen molar-refractivity contribution in [2.75, 3.05) is 6.54 Å². The lowest BCUT2D eigenvalue weighted by Crippen LogP contribution is -2.42. The van der Waals surface area contributed by atoms with Crippen molar-refractivity contribution in [3.8, 4) is 0 Å². The number of thiazole rings is 1. The summed E-state index contributed by atoms with van der Waals surface area (Å²) in [7, 11) is 0. The maximum absolute atomic E-state index is 4.72. The molecule has 0 aliphatic rings. The Balaban J connectivity index is 2.09. The predicted molar refractivity (Wildman–Crippen MR) is 87.5 cm³/mol. The third-order valence-electron chi connectivity index (χ3n) is 3.70. The first-order valence-electron chi connectivity index (χ1n) is 7.31. The molecule has 1 N–H and O–H groups in total. The average molecular weight is 293 g/mol. The van der Waals surface area contributed by atoms with Gasteiger partial charge in [0.15, 0.2) is 4.96 Å². The predicted octanol–water partition coefficient (Wildman–Crippen LogP) is 3.99. The molecule has 0 bridgehead atoms. The Hall–Kier alpha value is -0.870. The molecule has 0 aromatic carbocycles. The van der Waals surface area contributed by atoms with Crippen LogP contribution in [0.1, 0.15) is 47.2 Å². The number of imidazole rings is 1. The first-order valence-corrected chi connectivity index (χ1v) is 8.19. The highest BCUT2D eigenvalue weighted by Crippen LogP contribution is 2.29. The molecule has 0 saturated heterocycles. The van der Waals surface area contributed by atoms with Gasteiger partial charge in [0.1, 0.15) is 0 Å². The molecule has 3 nitrogen and oxygen atoms in total. The second kappa shape index (κ2) is 5.49. The van der Waals surface area contributed by atoms with Gasteiger partial charge in [0.25, 0.3) is 0 Å². The van der Waals surface area contributed by atoms with Crippen LogP contribution in [0.25, 0.3) is 4.96 Å². The molecular weight excluding hydrogens is 266 g/mol. The van der Waals surface area contributed by atoms with Crippen LogP contribution in [0.4, 0.5) is 0 Å². The smallest absolute Gasteiger partial charge is 0.193 e. The van der Waals surface area contributed by atoms with Gasteiger partial charge in [-0.25, -0.2) is 4.98 Å². The van der Waals surface area contributed by atoms with Gasteiger partial charge in [0.05, 0.1) is 5.69 Å². The first-order chi connectivity index (χ1) is 9.15. The summed E-state index contributed by atoms with van der Waals surface area (Å²) in [6, 6.07) is 0. The molecule has 0 spiro atoms. The van der Waals surface area contributed by atoms with Crippen molar-refractivity contribution in [1.82, 2.24) is 14.7 Å². The van der Waals surface area contributed by atoms with Gasteiger partial charge in [-0.05, 0) is 45.1 Å². The molecule has 0 saturated carbocycles. The van der Waals surface area contributed by atoms with Gasteiger partial charge >= 0.3 is 0 Å². The van der Waals surface area contributed by atoms with Crippen LogP contribution in [-0.2, 0) is 6.42 Å². The highest BCUT2D eigenvalue weighted by atomic mass is 32.1. The second-order valence-corrected chi connectivity index (χ2v) is 8.60. The molecule has 1 atom stereocenters. The molecule has 20 heavy (non-hydrogen) atoms. The topological polar surface area (TPSA) is 29.3 Å². The molecule has 0 aliphatic carbocycles. The molecule has 2 heterocycles. The summed E-state index contributed by atoms with van der Waals surface area (Å²) >= 11 is 1.70. The largest absolute Gasteiger partial charge is 0.312 e. The summed E-state index contributed by atoms with van der Waals surface area (Å²) in [6.45, 7) is 14.7. The minimum absolute atomic E-state index is 0.165. The summed E-state index contributed by atoms with van der Waals surface area (Å²) < 4.78 is 2.12. The number of nitrogens with one attached hydrogen (secondary N) is 1. The molecule has 0 amide bonds. The zero-order valence-electron chi connectivity index (χ0n) is 13.5. The number of nitrogens with zero attached hydrogens (tertiary/aromatic N) is 2. The van der Waals surface area contributed by atoms with Crippen molar-refractivity contribution >= 4 is 16.3 Å². The number of hydrogen-bond donors (Lipinski definition) is 1. The van der Waals surface area contributed by atoms with Crippen molar-refractivity contribution in [3.05, 3.63) is 23.5 Å². The summed E-state index contributed by atoms with van der Waals surface area (Å²) in [5.41, 5.74) is 1.64. The fourth-order valence-electron chi connectivity index (χ4n) is 2.24. The van der Waals surface area contributed by atoms with E-state index in [2.05, 4.69) is 69.0 Å². The normalized spacial score (nSPS) is 14.9. The lowest BCUT2D eigenvalue weighted by Gasteiger charge is -2.33. The first kappa shape index (κ1) is 15.5. The Kier molecular flexibility index (Phi) is 4.26. The third-order valence-corrected chi connectivity index (χ3v) is 4.47. The van der Waals surface area contributed by atoms with Gasteiger partial charge in [0, 0.05) is 23.3 Å². The van der Waals surface area contributed by atoms with E-state index in [-0.39, 0.29) is 11.0 Å². The van der Waals surface area contributed by atoms with Crippen LogP contribution >= 0.6 is 11.3 Å². The van der Waals surface area contributed by atoms with Gasteiger partial charge in [-0.2, -0.15) is 0 Å². The van der Waals surface area contributed by atoms with Gasteiger partial charge in [0.2, 0.25) is 0 Å². The molecule has 1 unspecified atom stereocenters. The Labute approximate surface area is 126 Å². The van der Waals surface area contributed by atoms with Crippen molar-refractivity contribution in [2.24, 2.45) is 11.3 Å². The maximum atomic E-state index is 4.72. The summed E-state index contributed by atoms with van der Waals surface area (Å²) in [5, 5.41) is 5.72. The number of fused-ring (bicyclic) bond motifs is 1.